The molecule has 2 aliphatic heterocycles. The van der Waals surface area contributed by atoms with Crippen molar-refractivity contribution in [3.63, 3.8) is 0 Å². The maximum Gasteiger partial charge on any atom is 0.409 e. The maximum atomic E-state index is 12.6. The number of nitrogens with zero attached hydrogens (tertiary/aromatic N) is 3. The third kappa shape index (κ3) is 4.98. The Labute approximate surface area is 164 Å². The second-order valence-electron chi connectivity index (χ2n) is 6.77. The molecule has 0 spiro atoms. The third-order valence-corrected chi connectivity index (χ3v) is 4.90. The Bertz CT molecular complexity index is 712. The lowest BCUT2D eigenvalue weighted by atomic mass is 10.0. The zero-order valence-electron chi connectivity index (χ0n) is 16.1. The second-order valence-corrected chi connectivity index (χ2v) is 6.77. The van der Waals surface area contributed by atoms with Crippen LogP contribution >= 0.6 is 0 Å². The second kappa shape index (κ2) is 9.50. The van der Waals surface area contributed by atoms with E-state index >= 15 is 0 Å². The average Bonchev–Trinajstić information content (AvgIpc) is 2.74. The minimum atomic E-state index is -0.312. The number of likely N-dealkylation sites (tertiary alicyclic amines) is 1. The molecule has 0 bridgehead atoms. The van der Waals surface area contributed by atoms with Gasteiger partial charge in [-0.25, -0.2) is 4.79 Å². The van der Waals surface area contributed by atoms with E-state index in [9.17, 15) is 14.4 Å². The van der Waals surface area contributed by atoms with Gasteiger partial charge in [0, 0.05) is 44.0 Å². The van der Waals surface area contributed by atoms with Crippen LogP contribution in [0.25, 0.3) is 0 Å². The van der Waals surface area contributed by atoms with Crippen LogP contribution in [0.1, 0.15) is 40.6 Å². The summed E-state index contributed by atoms with van der Waals surface area (Å²) in [7, 11) is 0. The fourth-order valence-electron chi connectivity index (χ4n) is 3.31. The minimum Gasteiger partial charge on any atom is -0.450 e. The van der Waals surface area contributed by atoms with E-state index in [1.807, 2.05) is 0 Å². The summed E-state index contributed by atoms with van der Waals surface area (Å²) in [6.07, 6.45) is 2.49. The molecule has 152 valence electrons. The van der Waals surface area contributed by atoms with Gasteiger partial charge in [-0.1, -0.05) is 0 Å². The number of pyridine rings is 1. The maximum absolute atomic E-state index is 12.6. The Balaban J connectivity index is 1.55. The number of hydrogen-bond donors (Lipinski definition) is 1. The molecule has 2 saturated heterocycles. The van der Waals surface area contributed by atoms with Crippen molar-refractivity contribution in [1.29, 1.82) is 0 Å². The van der Waals surface area contributed by atoms with Crippen molar-refractivity contribution in [2.45, 2.75) is 25.8 Å². The summed E-state index contributed by atoms with van der Waals surface area (Å²) in [5, 5.41) is 2.98. The van der Waals surface area contributed by atoms with Crippen molar-refractivity contribution in [3.05, 3.63) is 29.6 Å². The number of hydrogen-bond acceptors (Lipinski definition) is 6. The molecule has 0 saturated carbocycles. The topological polar surface area (TPSA) is 101 Å². The van der Waals surface area contributed by atoms with Gasteiger partial charge in [0.2, 0.25) is 0 Å². The van der Waals surface area contributed by atoms with Crippen molar-refractivity contribution in [3.8, 4) is 0 Å². The van der Waals surface area contributed by atoms with Crippen molar-refractivity contribution in [2.75, 3.05) is 46.0 Å². The van der Waals surface area contributed by atoms with Gasteiger partial charge in [0.05, 0.1) is 19.8 Å². The molecule has 0 aliphatic carbocycles. The van der Waals surface area contributed by atoms with Gasteiger partial charge in [-0.2, -0.15) is 0 Å². The Hall–Kier alpha value is -2.68. The monoisotopic (exact) mass is 390 g/mol. The number of amides is 3. The van der Waals surface area contributed by atoms with E-state index in [-0.39, 0.29) is 29.6 Å². The highest BCUT2D eigenvalue weighted by molar-refractivity contribution is 5.98. The first-order chi connectivity index (χ1) is 13.6. The van der Waals surface area contributed by atoms with Crippen molar-refractivity contribution >= 4 is 17.9 Å². The number of aromatic nitrogens is 1. The van der Waals surface area contributed by atoms with Gasteiger partial charge in [-0.05, 0) is 31.9 Å². The molecule has 1 aromatic rings. The largest absolute Gasteiger partial charge is 0.450 e. The van der Waals surface area contributed by atoms with Gasteiger partial charge in [-0.15, -0.1) is 0 Å². The van der Waals surface area contributed by atoms with Crippen molar-refractivity contribution in [2.24, 2.45) is 0 Å². The van der Waals surface area contributed by atoms with E-state index in [1.54, 1.807) is 22.8 Å². The first-order valence-corrected chi connectivity index (χ1v) is 9.64. The molecule has 28 heavy (non-hydrogen) atoms. The molecule has 9 heteroatoms. The van der Waals surface area contributed by atoms with Crippen molar-refractivity contribution in [1.82, 2.24) is 20.1 Å². The Morgan fingerprint density at radius 2 is 1.89 bits per heavy atom. The highest BCUT2D eigenvalue weighted by Gasteiger charge is 2.25. The average molecular weight is 390 g/mol. The van der Waals surface area contributed by atoms with E-state index in [1.165, 1.54) is 12.3 Å². The molecule has 3 heterocycles. The summed E-state index contributed by atoms with van der Waals surface area (Å²) in [5.74, 6) is -0.436. The van der Waals surface area contributed by atoms with Gasteiger partial charge >= 0.3 is 6.09 Å². The zero-order valence-corrected chi connectivity index (χ0v) is 16.1. The quantitative estimate of drug-likeness (QED) is 0.820. The molecule has 0 radical (unpaired) electrons. The first kappa shape index (κ1) is 20.1. The van der Waals surface area contributed by atoms with Crippen LogP contribution in [0, 0.1) is 0 Å². The fraction of sp³-hybridized carbons (Fsp3) is 0.579. The number of carbonyl (C=O) groups is 3. The smallest absolute Gasteiger partial charge is 0.409 e. The molecule has 1 N–H and O–H groups in total. The van der Waals surface area contributed by atoms with Crippen molar-refractivity contribution < 1.29 is 23.9 Å². The third-order valence-electron chi connectivity index (χ3n) is 4.90. The van der Waals surface area contributed by atoms with E-state index in [4.69, 9.17) is 9.47 Å². The van der Waals surface area contributed by atoms with Crippen LogP contribution in [0.15, 0.2) is 18.3 Å². The summed E-state index contributed by atoms with van der Waals surface area (Å²) in [6.45, 7) is 5.28. The lowest BCUT2D eigenvalue weighted by Crippen LogP contribution is -2.46. The SMILES string of the molecule is CCOC(=O)N1CCC(NC(=O)c2ccnc(C(=O)N3CCOCC3)c2)CC1. The number of carbonyl (C=O) groups excluding carboxylic acids is 3. The van der Waals surface area contributed by atoms with E-state index in [0.29, 0.717) is 64.4 Å². The van der Waals surface area contributed by atoms with Gasteiger partial charge in [0.25, 0.3) is 11.8 Å². The number of rotatable bonds is 4. The van der Waals surface area contributed by atoms with Crippen LogP contribution in [-0.4, -0.2) is 84.7 Å². The predicted octanol–water partition coefficient (Wildman–Crippen LogP) is 0.905. The summed E-state index contributed by atoms with van der Waals surface area (Å²) < 4.78 is 10.3. The summed E-state index contributed by atoms with van der Waals surface area (Å²) in [5.41, 5.74) is 0.658. The van der Waals surface area contributed by atoms with Crippen LogP contribution in [0.5, 0.6) is 0 Å². The molecule has 0 atom stereocenters. The van der Waals surface area contributed by atoms with E-state index < -0.39 is 0 Å². The van der Waals surface area contributed by atoms with Crippen LogP contribution < -0.4 is 5.32 Å². The zero-order chi connectivity index (χ0) is 19.9. The van der Waals surface area contributed by atoms with E-state index in [0.717, 1.165) is 0 Å². The fourth-order valence-corrected chi connectivity index (χ4v) is 3.31. The number of nitrogens with one attached hydrogen (secondary N) is 1. The Morgan fingerprint density at radius 1 is 1.18 bits per heavy atom. The van der Waals surface area contributed by atoms with Gasteiger partial charge in [0.15, 0.2) is 0 Å². The molecule has 2 fully saturated rings. The molecule has 1 aromatic heterocycles. The predicted molar refractivity (Wildman–Crippen MR) is 100 cm³/mol. The molecular weight excluding hydrogens is 364 g/mol. The minimum absolute atomic E-state index is 0.0234. The van der Waals surface area contributed by atoms with Gasteiger partial charge in [0.1, 0.15) is 5.69 Å². The Kier molecular flexibility index (Phi) is 6.80. The number of ether oxygens (including phenoxy) is 2. The molecular formula is C19H26N4O5. The summed E-state index contributed by atoms with van der Waals surface area (Å²) in [6, 6.07) is 3.10. The highest BCUT2D eigenvalue weighted by atomic mass is 16.6. The standard InChI is InChI=1S/C19H26N4O5/c1-2-28-19(26)23-7-4-15(5-8-23)21-17(24)14-3-6-20-16(13-14)18(25)22-9-11-27-12-10-22/h3,6,13,15H,2,4-5,7-12H2,1H3,(H,21,24). The molecule has 3 rings (SSSR count). The first-order valence-electron chi connectivity index (χ1n) is 9.64. The van der Waals surface area contributed by atoms with Crippen LogP contribution in [0.4, 0.5) is 4.79 Å². The molecule has 2 aliphatic rings. The van der Waals surface area contributed by atoms with Gasteiger partial charge in [-0.3, -0.25) is 14.6 Å². The van der Waals surface area contributed by atoms with E-state index in [2.05, 4.69) is 10.3 Å². The lowest BCUT2D eigenvalue weighted by molar-refractivity contribution is 0.0299. The summed E-state index contributed by atoms with van der Waals surface area (Å²) in [4.78, 5) is 44.3. The Morgan fingerprint density at radius 3 is 2.57 bits per heavy atom. The normalized spacial score (nSPS) is 17.9. The molecule has 3 amide bonds. The number of piperidine rings is 1. The van der Waals surface area contributed by atoms with Crippen LogP contribution in [-0.2, 0) is 9.47 Å². The highest BCUT2D eigenvalue weighted by Crippen LogP contribution is 2.13. The lowest BCUT2D eigenvalue weighted by Gasteiger charge is -2.31. The number of morpholine rings is 1. The molecule has 0 aromatic carbocycles. The van der Waals surface area contributed by atoms with Crippen LogP contribution in [0.2, 0.25) is 0 Å². The molecule has 0 unspecified atom stereocenters. The van der Waals surface area contributed by atoms with Crippen LogP contribution in [0.3, 0.4) is 0 Å². The molecule has 9 nitrogen and oxygen atoms in total. The van der Waals surface area contributed by atoms with Gasteiger partial charge < -0.3 is 24.6 Å². The summed E-state index contributed by atoms with van der Waals surface area (Å²) >= 11 is 0.